The molecule has 0 unspecified atom stereocenters. The van der Waals surface area contributed by atoms with Gasteiger partial charge in [-0.3, -0.25) is 67.6 Å². The molecule has 7 atom stereocenters. The minimum Gasteiger partial charge on any atom is -0.370 e. The molecule has 0 aromatic heterocycles. The molecule has 29 nitrogen and oxygen atoms in total. The van der Waals surface area contributed by atoms with E-state index >= 15 is 14.4 Å². The zero-order valence-corrected chi connectivity index (χ0v) is 70.0. The maximum absolute atomic E-state index is 15.1. The molecule has 3 rings (SSSR count). The first-order valence-electron chi connectivity index (χ1n) is 42.8. The van der Waals surface area contributed by atoms with Crippen molar-refractivity contribution in [3.8, 4) is 0 Å². The van der Waals surface area contributed by atoms with E-state index in [1.165, 1.54) is 154 Å². The summed E-state index contributed by atoms with van der Waals surface area (Å²) in [5, 5.41) is 22.5. The lowest BCUT2D eigenvalue weighted by atomic mass is 9.98. The molecule has 1 aliphatic heterocycles. The van der Waals surface area contributed by atoms with Crippen molar-refractivity contribution in [2.45, 2.75) is 333 Å². The minimum absolute atomic E-state index is 0.00741. The van der Waals surface area contributed by atoms with Crippen LogP contribution in [0.15, 0.2) is 70.6 Å². The smallest absolute Gasteiger partial charge is 0.245 e. The zero-order chi connectivity index (χ0) is 83.9. The Morgan fingerprint density at radius 3 is 1.33 bits per heavy atom. The van der Waals surface area contributed by atoms with Gasteiger partial charge in [0.05, 0.1) is 19.5 Å². The third-order valence-electron chi connectivity index (χ3n) is 20.6. The number of likely N-dealkylation sites (tertiary alicyclic amines) is 1. The van der Waals surface area contributed by atoms with Crippen LogP contribution in [0.2, 0.25) is 0 Å². The Balaban J connectivity index is 1.86. The molecule has 1 heterocycles. The monoisotopic (exact) mass is 1600 g/mol. The molecule has 20 N–H and O–H groups in total. The van der Waals surface area contributed by atoms with Crippen molar-refractivity contribution in [2.24, 2.45) is 50.3 Å². The molecule has 2 aromatic rings. The molecule has 1 aliphatic rings. The number of nitrogens with zero attached hydrogens (tertiary/aromatic N) is 4. The quantitative estimate of drug-likeness (QED) is 0.0177. The summed E-state index contributed by atoms with van der Waals surface area (Å²) in [4.78, 5) is 166. The topological polar surface area (TPSA) is 471 Å². The molecule has 642 valence electrons. The number of hydrogen-bond donors (Lipinski definition) is 14. The highest BCUT2D eigenvalue weighted by Crippen LogP contribution is 2.23. The number of carbonyl (C=O) groups is 11. The number of primary amides is 2. The summed E-state index contributed by atoms with van der Waals surface area (Å²) in [7, 11) is 0. The summed E-state index contributed by atoms with van der Waals surface area (Å²) in [6.07, 6.45) is 34.0. The van der Waals surface area contributed by atoms with Gasteiger partial charge in [0, 0.05) is 39.0 Å². The first kappa shape index (κ1) is 99.3. The van der Waals surface area contributed by atoms with E-state index in [1.54, 1.807) is 54.6 Å². The molecule has 1 saturated heterocycles. The van der Waals surface area contributed by atoms with Gasteiger partial charge in [0.25, 0.3) is 0 Å². The second-order valence-corrected chi connectivity index (χ2v) is 31.9. The second-order valence-electron chi connectivity index (χ2n) is 31.9. The summed E-state index contributed by atoms with van der Waals surface area (Å²) >= 11 is 0. The number of nitrogens with one attached hydrogen (secondary N) is 8. The molecule has 0 saturated carbocycles. The highest BCUT2D eigenvalue weighted by Gasteiger charge is 2.41. The molecule has 11 amide bonds. The number of aliphatic imine (C=N–C) groups is 2. The van der Waals surface area contributed by atoms with E-state index < -0.39 is 113 Å². The normalized spacial score (nSPS) is 14.3. The van der Waals surface area contributed by atoms with Gasteiger partial charge >= 0.3 is 0 Å². The van der Waals surface area contributed by atoms with E-state index in [-0.39, 0.29) is 108 Å². The van der Waals surface area contributed by atoms with Crippen LogP contribution in [0.25, 0.3) is 0 Å². The third-order valence-corrected chi connectivity index (χ3v) is 20.6. The van der Waals surface area contributed by atoms with Crippen molar-refractivity contribution >= 4 is 76.9 Å². The minimum atomic E-state index is -1.59. The van der Waals surface area contributed by atoms with Crippen molar-refractivity contribution < 1.29 is 52.7 Å². The van der Waals surface area contributed by atoms with Gasteiger partial charge in [-0.15, -0.1) is 0 Å². The van der Waals surface area contributed by atoms with Crippen LogP contribution in [0.3, 0.4) is 0 Å². The Labute approximate surface area is 680 Å². The number of amides is 11. The van der Waals surface area contributed by atoms with Crippen molar-refractivity contribution in [1.82, 2.24) is 52.3 Å². The molecule has 1 fully saturated rings. The SMILES string of the molecule is CCCCCCCCCCCCCCCCNC(=O)CN(CCCCCCCCCCCCCCCC)CC(=O)NC(C)(C)C(=O)N[C@@H](Cc1ccccc1)C(=O)N[C@@H](CC(C)C)C(=O)N[C@@H](Cc1ccccc1)C(=O)N[C@@H](CCCN=C(N)N)C(=O)N1CCC[C@H]1C(=O)N[C@@H](CCCN=C(N)N)C(=O)N[C@@H](CC(N)=O)C(N)=O. The number of guanidine groups is 2. The van der Waals surface area contributed by atoms with Gasteiger partial charge in [0.1, 0.15) is 47.8 Å². The number of nitrogens with two attached hydrogens (primary N) is 6. The largest absolute Gasteiger partial charge is 0.370 e. The fraction of sp³-hybridized carbons (Fsp3) is 0.706. The molecule has 0 spiro atoms. The Morgan fingerprint density at radius 1 is 0.474 bits per heavy atom. The van der Waals surface area contributed by atoms with Crippen molar-refractivity contribution in [1.29, 1.82) is 0 Å². The molecule has 29 heteroatoms. The average molecular weight is 1600 g/mol. The zero-order valence-electron chi connectivity index (χ0n) is 70.0. The Bertz CT molecular complexity index is 3210. The van der Waals surface area contributed by atoms with Crippen LogP contribution in [-0.4, -0.2) is 180 Å². The lowest BCUT2D eigenvalue weighted by Gasteiger charge is -2.31. The molecule has 2 aromatic carbocycles. The van der Waals surface area contributed by atoms with E-state index in [4.69, 9.17) is 34.4 Å². The molecule has 0 bridgehead atoms. The Hall–Kier alpha value is -8.89. The first-order valence-corrected chi connectivity index (χ1v) is 42.8. The van der Waals surface area contributed by atoms with E-state index in [0.29, 0.717) is 30.6 Å². The number of carbonyl (C=O) groups excluding carboxylic acids is 11. The van der Waals surface area contributed by atoms with Crippen LogP contribution in [0.1, 0.15) is 284 Å². The Morgan fingerprint density at radius 2 is 0.877 bits per heavy atom. The van der Waals surface area contributed by atoms with Gasteiger partial charge in [-0.25, -0.2) is 0 Å². The fourth-order valence-corrected chi connectivity index (χ4v) is 14.2. The van der Waals surface area contributed by atoms with Gasteiger partial charge in [0.2, 0.25) is 65.0 Å². The van der Waals surface area contributed by atoms with Crippen molar-refractivity contribution in [3.63, 3.8) is 0 Å². The first-order chi connectivity index (χ1) is 54.6. The predicted octanol–water partition coefficient (Wildman–Crippen LogP) is 7.16. The van der Waals surface area contributed by atoms with Crippen LogP contribution in [0, 0.1) is 5.92 Å². The van der Waals surface area contributed by atoms with Crippen LogP contribution in [0.5, 0.6) is 0 Å². The number of unbranched alkanes of at least 4 members (excludes halogenated alkanes) is 26. The van der Waals surface area contributed by atoms with Crippen molar-refractivity contribution in [2.75, 3.05) is 45.8 Å². The summed E-state index contributed by atoms with van der Waals surface area (Å²) in [6, 6.07) is 8.42. The van der Waals surface area contributed by atoms with Crippen LogP contribution < -0.4 is 76.9 Å². The Kier molecular flexibility index (Phi) is 51.3. The van der Waals surface area contributed by atoms with Gasteiger partial charge in [0.15, 0.2) is 11.9 Å². The average Bonchev–Trinajstić information content (AvgIpc) is 1.77. The van der Waals surface area contributed by atoms with Crippen LogP contribution >= 0.6 is 0 Å². The van der Waals surface area contributed by atoms with Crippen molar-refractivity contribution in [3.05, 3.63) is 71.8 Å². The fourth-order valence-electron chi connectivity index (χ4n) is 14.2. The van der Waals surface area contributed by atoms with Crippen LogP contribution in [0.4, 0.5) is 0 Å². The third kappa shape index (κ3) is 44.7. The lowest BCUT2D eigenvalue weighted by molar-refractivity contribution is -0.142. The molecular weight excluding hydrogens is 1450 g/mol. The highest BCUT2D eigenvalue weighted by atomic mass is 16.2. The summed E-state index contributed by atoms with van der Waals surface area (Å²) in [6.45, 7) is 12.3. The number of benzene rings is 2. The van der Waals surface area contributed by atoms with E-state index in [9.17, 15) is 38.4 Å². The molecule has 0 radical (unpaired) electrons. The van der Waals surface area contributed by atoms with Gasteiger partial charge in [-0.05, 0) is 95.2 Å². The highest BCUT2D eigenvalue weighted by molar-refractivity contribution is 5.99. The number of rotatable bonds is 65. The number of hydrogen-bond acceptors (Lipinski definition) is 14. The van der Waals surface area contributed by atoms with E-state index in [2.05, 4.69) is 66.4 Å². The van der Waals surface area contributed by atoms with E-state index in [0.717, 1.165) is 44.9 Å². The van der Waals surface area contributed by atoms with Gasteiger partial charge < -0.3 is 81.8 Å². The summed E-state index contributed by atoms with van der Waals surface area (Å²) < 4.78 is 0. The second kappa shape index (κ2) is 58.9. The van der Waals surface area contributed by atoms with Gasteiger partial charge in [-0.1, -0.05) is 255 Å². The van der Waals surface area contributed by atoms with Crippen LogP contribution in [-0.2, 0) is 65.6 Å². The maximum Gasteiger partial charge on any atom is 0.245 e. The maximum atomic E-state index is 15.1. The van der Waals surface area contributed by atoms with E-state index in [1.807, 2.05) is 24.8 Å². The summed E-state index contributed by atoms with van der Waals surface area (Å²) in [5.41, 5.74) is 32.9. The lowest BCUT2D eigenvalue weighted by Crippen LogP contribution is -2.62. The predicted molar refractivity (Wildman–Crippen MR) is 451 cm³/mol. The van der Waals surface area contributed by atoms with Gasteiger partial charge in [-0.2, -0.15) is 0 Å². The molecule has 0 aliphatic carbocycles. The summed E-state index contributed by atoms with van der Waals surface area (Å²) in [5.74, 6) is -8.56. The standard InChI is InChI=1S/C85H146N18O11/c1-7-9-11-13-15-17-19-21-23-25-27-29-31-39-51-92-73(105)60-102(54-40-32-30-28-26-24-22-20-18-16-14-12-10-8-2)61-74(106)101-85(5,6)82(114)100-70(58-64-46-37-34-38-47-64)79(111)98-68(56-62(3)4)77(109)99-69(57-63-44-35-33-36-45-63)78(110)96-66(49-42-53-94-84(90)91)81(113)103-55-43-50-71(103)80(112)95-65(48-41-52-93-83(88)89)76(108)97-67(75(87)107)59-72(86)104/h33-38,44-47,62,65-71H,7-32,39-43,48-61H2,1-6H3,(H2,86,104)(H2,87,107)(H,92,105)(H,95,112)(H,96,110)(H,97,108)(H,98,111)(H,99,109)(H,100,114)(H,101,106)(H4,88,89,93)(H4,90,91,94)/t65-,66-,67-,68-,69-,70-,71-/m0/s1. The molecular formula is C85H146N18O11. The molecule has 114 heavy (non-hydrogen) atoms.